The number of hydrogen-bond donors (Lipinski definition) is 1. The number of hydrogen-bond acceptors (Lipinski definition) is 3. The van der Waals surface area contributed by atoms with Gasteiger partial charge in [0.1, 0.15) is 0 Å². The van der Waals surface area contributed by atoms with E-state index in [1.54, 1.807) is 18.5 Å². The molecule has 25 heavy (non-hydrogen) atoms. The van der Waals surface area contributed by atoms with Crippen LogP contribution in [-0.2, 0) is 6.42 Å². The summed E-state index contributed by atoms with van der Waals surface area (Å²) >= 11 is 0. The fourth-order valence-electron chi connectivity index (χ4n) is 2.56. The lowest BCUT2D eigenvalue weighted by Crippen LogP contribution is -2.17. The van der Waals surface area contributed by atoms with Gasteiger partial charge in [0.25, 0.3) is 0 Å². The molecule has 0 aliphatic heterocycles. The number of nitrogens with zero attached hydrogens (tertiary/aromatic N) is 1. The minimum absolute atomic E-state index is 0.00383. The first-order chi connectivity index (χ1) is 12.3. The summed E-state index contributed by atoms with van der Waals surface area (Å²) in [5, 5.41) is 3.41. The van der Waals surface area contributed by atoms with Gasteiger partial charge in [-0.05, 0) is 29.7 Å². The molecule has 1 N–H and O–H groups in total. The molecule has 0 saturated carbocycles. The Morgan fingerprint density at radius 2 is 1.44 bits per heavy atom. The third-order valence-corrected chi connectivity index (χ3v) is 3.90. The van der Waals surface area contributed by atoms with Crippen molar-refractivity contribution in [3.8, 4) is 0 Å². The second-order valence-electron chi connectivity index (χ2n) is 5.69. The van der Waals surface area contributed by atoms with Gasteiger partial charge in [-0.1, -0.05) is 60.7 Å². The Balaban J connectivity index is 1.76. The molecule has 0 aliphatic rings. The third kappa shape index (κ3) is 4.88. The van der Waals surface area contributed by atoms with Crippen molar-refractivity contribution in [3.05, 3.63) is 108 Å². The fourth-order valence-corrected chi connectivity index (χ4v) is 2.56. The van der Waals surface area contributed by atoms with Crippen molar-refractivity contribution in [2.75, 3.05) is 6.54 Å². The van der Waals surface area contributed by atoms with Crippen molar-refractivity contribution in [2.45, 2.75) is 6.42 Å². The van der Waals surface area contributed by atoms with E-state index in [2.05, 4.69) is 10.3 Å². The average molecular weight is 328 g/mol. The fraction of sp³-hybridized carbons (Fsp3) is 0.0909. The summed E-state index contributed by atoms with van der Waals surface area (Å²) in [6.07, 6.45) is 6.13. The van der Waals surface area contributed by atoms with Crippen molar-refractivity contribution in [3.63, 3.8) is 0 Å². The van der Waals surface area contributed by atoms with Crippen molar-refractivity contribution in [2.24, 2.45) is 0 Å². The second-order valence-corrected chi connectivity index (χ2v) is 5.69. The van der Waals surface area contributed by atoms with Gasteiger partial charge < -0.3 is 5.32 Å². The van der Waals surface area contributed by atoms with Crippen LogP contribution in [0, 0.1) is 0 Å². The summed E-state index contributed by atoms with van der Waals surface area (Å²) in [4.78, 5) is 16.6. The highest BCUT2D eigenvalue weighted by molar-refractivity contribution is 6.08. The van der Waals surface area contributed by atoms with E-state index >= 15 is 0 Å². The molecule has 0 spiro atoms. The zero-order valence-electron chi connectivity index (χ0n) is 13.9. The van der Waals surface area contributed by atoms with Gasteiger partial charge in [-0.15, -0.1) is 0 Å². The maximum absolute atomic E-state index is 12.5. The molecule has 0 radical (unpaired) electrons. The Labute approximate surface area is 148 Å². The summed E-state index contributed by atoms with van der Waals surface area (Å²) in [5.74, 6) is -0.00383. The van der Waals surface area contributed by atoms with E-state index in [1.165, 1.54) is 5.56 Å². The van der Waals surface area contributed by atoms with Crippen LogP contribution in [0.3, 0.4) is 0 Å². The predicted molar refractivity (Wildman–Crippen MR) is 101 cm³/mol. The first-order valence-electron chi connectivity index (χ1n) is 8.32. The highest BCUT2D eigenvalue weighted by Gasteiger charge is 2.07. The van der Waals surface area contributed by atoms with Gasteiger partial charge in [0.05, 0.1) is 0 Å². The van der Waals surface area contributed by atoms with Crippen molar-refractivity contribution in [1.29, 1.82) is 0 Å². The molecule has 3 rings (SSSR count). The Hall–Kier alpha value is -3.20. The molecule has 3 heteroatoms. The quantitative estimate of drug-likeness (QED) is 0.523. The summed E-state index contributed by atoms with van der Waals surface area (Å²) in [5.41, 5.74) is 3.74. The van der Waals surface area contributed by atoms with Gasteiger partial charge >= 0.3 is 0 Å². The van der Waals surface area contributed by atoms with E-state index in [4.69, 9.17) is 0 Å². The lowest BCUT2D eigenvalue weighted by Gasteiger charge is -2.11. The van der Waals surface area contributed by atoms with Gasteiger partial charge in [-0.3, -0.25) is 9.78 Å². The van der Waals surface area contributed by atoms with Crippen LogP contribution in [-0.4, -0.2) is 17.3 Å². The van der Waals surface area contributed by atoms with Crippen LogP contribution in [0.15, 0.2) is 91.3 Å². The smallest absolute Gasteiger partial charge is 0.187 e. The van der Waals surface area contributed by atoms with E-state index in [1.807, 2.05) is 72.8 Å². The average Bonchev–Trinajstić information content (AvgIpc) is 2.69. The van der Waals surface area contributed by atoms with Crippen LogP contribution in [0.2, 0.25) is 0 Å². The lowest BCUT2D eigenvalue weighted by atomic mass is 10.1. The number of pyridine rings is 1. The number of ketones is 1. The molecule has 0 atom stereocenters. The highest BCUT2D eigenvalue weighted by atomic mass is 16.1. The molecule has 0 aliphatic carbocycles. The van der Waals surface area contributed by atoms with E-state index < -0.39 is 0 Å². The second kappa shape index (κ2) is 8.60. The Kier molecular flexibility index (Phi) is 5.73. The zero-order chi connectivity index (χ0) is 17.3. The summed E-state index contributed by atoms with van der Waals surface area (Å²) in [7, 11) is 0. The first-order valence-corrected chi connectivity index (χ1v) is 8.32. The molecule has 1 heterocycles. The molecule has 3 aromatic rings. The van der Waals surface area contributed by atoms with E-state index in [0.29, 0.717) is 5.56 Å². The number of rotatable bonds is 7. The van der Waals surface area contributed by atoms with Crippen molar-refractivity contribution < 1.29 is 4.79 Å². The maximum Gasteiger partial charge on any atom is 0.187 e. The van der Waals surface area contributed by atoms with Crippen LogP contribution >= 0.6 is 0 Å². The highest BCUT2D eigenvalue weighted by Crippen LogP contribution is 2.13. The molecule has 1 aromatic heterocycles. The number of aromatic nitrogens is 1. The molecule has 0 amide bonds. The van der Waals surface area contributed by atoms with E-state index in [0.717, 1.165) is 24.2 Å². The van der Waals surface area contributed by atoms with Crippen LogP contribution in [0.25, 0.3) is 5.70 Å². The van der Waals surface area contributed by atoms with Crippen LogP contribution < -0.4 is 5.32 Å². The van der Waals surface area contributed by atoms with Crippen molar-refractivity contribution in [1.82, 2.24) is 10.3 Å². The van der Waals surface area contributed by atoms with Crippen LogP contribution in [0.4, 0.5) is 0 Å². The van der Waals surface area contributed by atoms with Crippen LogP contribution in [0.1, 0.15) is 21.5 Å². The standard InChI is InChI=1S/C22H20N2O/c25-22(20-9-5-2-6-10-20)17-21(19-7-3-1-4-8-19)24-16-13-18-11-14-23-15-12-18/h1-12,14-15,17,24H,13,16H2/b21-17-. The first kappa shape index (κ1) is 16.7. The molecule has 0 fully saturated rings. The van der Waals surface area contributed by atoms with Gasteiger partial charge in [0, 0.05) is 36.3 Å². The summed E-state index contributed by atoms with van der Waals surface area (Å²) in [6, 6.07) is 23.2. The number of benzene rings is 2. The Morgan fingerprint density at radius 3 is 2.08 bits per heavy atom. The molecular formula is C22H20N2O. The van der Waals surface area contributed by atoms with Gasteiger partial charge in [0.2, 0.25) is 0 Å². The zero-order valence-corrected chi connectivity index (χ0v) is 13.9. The molecule has 0 saturated heterocycles. The van der Waals surface area contributed by atoms with E-state index in [9.17, 15) is 4.79 Å². The predicted octanol–water partition coefficient (Wildman–Crippen LogP) is 4.14. The van der Waals surface area contributed by atoms with Gasteiger partial charge in [-0.2, -0.15) is 0 Å². The minimum Gasteiger partial charge on any atom is -0.384 e. The number of nitrogens with one attached hydrogen (secondary N) is 1. The topological polar surface area (TPSA) is 42.0 Å². The molecular weight excluding hydrogens is 308 g/mol. The van der Waals surface area contributed by atoms with Gasteiger partial charge in [-0.25, -0.2) is 0 Å². The van der Waals surface area contributed by atoms with Crippen molar-refractivity contribution >= 4 is 11.5 Å². The molecule has 3 nitrogen and oxygen atoms in total. The maximum atomic E-state index is 12.5. The Bertz CT molecular complexity index is 828. The molecule has 0 bridgehead atoms. The van der Waals surface area contributed by atoms with Gasteiger partial charge in [0.15, 0.2) is 5.78 Å². The minimum atomic E-state index is -0.00383. The third-order valence-electron chi connectivity index (χ3n) is 3.90. The number of carbonyl (C=O) groups excluding carboxylic acids is 1. The monoisotopic (exact) mass is 328 g/mol. The molecule has 124 valence electrons. The molecule has 0 unspecified atom stereocenters. The lowest BCUT2D eigenvalue weighted by molar-refractivity contribution is 0.104. The van der Waals surface area contributed by atoms with E-state index in [-0.39, 0.29) is 5.78 Å². The Morgan fingerprint density at radius 1 is 0.840 bits per heavy atom. The largest absolute Gasteiger partial charge is 0.384 e. The number of carbonyl (C=O) groups is 1. The molecule has 2 aromatic carbocycles. The summed E-state index contributed by atoms with van der Waals surface area (Å²) in [6.45, 7) is 0.743. The van der Waals surface area contributed by atoms with Crippen LogP contribution in [0.5, 0.6) is 0 Å². The normalized spacial score (nSPS) is 11.1. The SMILES string of the molecule is O=C(/C=C(\NCCc1ccncc1)c1ccccc1)c1ccccc1. The summed E-state index contributed by atoms with van der Waals surface area (Å²) < 4.78 is 0. The number of allylic oxidation sites excluding steroid dienone is 1.